The minimum absolute atomic E-state index is 0.00211. The average Bonchev–Trinajstić information content (AvgIpc) is 2.61. The van der Waals surface area contributed by atoms with E-state index in [9.17, 15) is 13.6 Å². The van der Waals surface area contributed by atoms with Crippen molar-refractivity contribution < 1.29 is 18.3 Å². The number of carbonyl (C=O) groups excluding carboxylic acids is 1. The van der Waals surface area contributed by atoms with Crippen LogP contribution in [0.2, 0.25) is 10.0 Å². The molecule has 0 spiro atoms. The van der Waals surface area contributed by atoms with Gasteiger partial charge < -0.3 is 15.8 Å². The van der Waals surface area contributed by atoms with E-state index in [2.05, 4.69) is 20.0 Å². The van der Waals surface area contributed by atoms with Gasteiger partial charge in [-0.3, -0.25) is 4.79 Å². The number of nitrogens with zero attached hydrogens (tertiary/aromatic N) is 2. The van der Waals surface area contributed by atoms with Gasteiger partial charge in [-0.2, -0.15) is 8.78 Å². The van der Waals surface area contributed by atoms with Crippen LogP contribution in [0.15, 0.2) is 41.5 Å². The number of ether oxygens (including phenoxy) is 1. The van der Waals surface area contributed by atoms with Crippen molar-refractivity contribution in [1.29, 1.82) is 0 Å². The number of rotatable bonds is 3. The molecule has 10 heteroatoms. The molecule has 1 atom stereocenters. The third-order valence-electron chi connectivity index (χ3n) is 4.16. The van der Waals surface area contributed by atoms with Crippen LogP contribution < -0.4 is 11.1 Å². The zero-order chi connectivity index (χ0) is 19.8. The topological polar surface area (TPSA) is 89.6 Å². The van der Waals surface area contributed by atoms with E-state index < -0.39 is 24.0 Å². The summed E-state index contributed by atoms with van der Waals surface area (Å²) in [5, 5.41) is 3.02. The maximum atomic E-state index is 14.5. The first-order valence-electron chi connectivity index (χ1n) is 7.71. The van der Waals surface area contributed by atoms with Crippen LogP contribution in [-0.2, 0) is 10.3 Å². The molecule has 2 heterocycles. The van der Waals surface area contributed by atoms with E-state index in [-0.39, 0.29) is 28.0 Å². The number of alkyl halides is 2. The molecule has 0 saturated heterocycles. The number of pyridine rings is 1. The maximum absolute atomic E-state index is 14.5. The third-order valence-corrected chi connectivity index (χ3v) is 4.71. The Morgan fingerprint density at radius 2 is 2.04 bits per heavy atom. The van der Waals surface area contributed by atoms with E-state index in [0.29, 0.717) is 5.02 Å². The summed E-state index contributed by atoms with van der Waals surface area (Å²) >= 11 is 11.9. The van der Waals surface area contributed by atoms with Crippen molar-refractivity contribution in [3.05, 3.63) is 57.8 Å². The minimum Gasteiger partial charge on any atom is -0.459 e. The molecular weight excluding hydrogens is 401 g/mol. The lowest BCUT2D eigenvalue weighted by Gasteiger charge is -2.38. The Bertz CT molecular complexity index is 922. The molecular formula is C17H14Cl2F2N4O2. The number of anilines is 1. The van der Waals surface area contributed by atoms with Gasteiger partial charge >= 0.3 is 5.92 Å². The van der Waals surface area contributed by atoms with E-state index in [1.54, 1.807) is 0 Å². The normalized spacial score (nSPS) is 21.1. The third kappa shape index (κ3) is 3.68. The Balaban J connectivity index is 1.96. The molecule has 1 aromatic carbocycles. The first-order valence-corrected chi connectivity index (χ1v) is 8.47. The van der Waals surface area contributed by atoms with Gasteiger partial charge in [0.25, 0.3) is 11.9 Å². The van der Waals surface area contributed by atoms with E-state index >= 15 is 0 Å². The lowest BCUT2D eigenvalue weighted by atomic mass is 9.85. The molecule has 1 aliphatic rings. The molecule has 0 saturated carbocycles. The van der Waals surface area contributed by atoms with Crippen molar-refractivity contribution in [3.63, 3.8) is 0 Å². The van der Waals surface area contributed by atoms with Crippen LogP contribution in [0.25, 0.3) is 0 Å². The number of hydrogen-bond acceptors (Lipinski definition) is 5. The summed E-state index contributed by atoms with van der Waals surface area (Å²) < 4.78 is 33.7. The summed E-state index contributed by atoms with van der Waals surface area (Å²) in [4.78, 5) is 20.0. The van der Waals surface area contributed by atoms with E-state index in [4.69, 9.17) is 28.9 Å². The molecule has 27 heavy (non-hydrogen) atoms. The number of nitrogens with one attached hydrogen (secondary N) is 1. The maximum Gasteiger partial charge on any atom is 0.310 e. The number of halogens is 4. The van der Waals surface area contributed by atoms with Gasteiger partial charge in [0.1, 0.15) is 5.69 Å². The Morgan fingerprint density at radius 1 is 1.30 bits per heavy atom. The molecule has 1 aliphatic heterocycles. The number of amides is 1. The van der Waals surface area contributed by atoms with Gasteiger partial charge in [-0.25, -0.2) is 9.98 Å². The molecule has 6 nitrogen and oxygen atoms in total. The van der Waals surface area contributed by atoms with Crippen LogP contribution in [0.5, 0.6) is 0 Å². The van der Waals surface area contributed by atoms with Gasteiger partial charge in [-0.05, 0) is 37.3 Å². The molecule has 2 aromatic rings. The fourth-order valence-electron chi connectivity index (χ4n) is 2.58. The van der Waals surface area contributed by atoms with Crippen LogP contribution in [0.1, 0.15) is 23.0 Å². The largest absolute Gasteiger partial charge is 0.459 e. The number of nitrogens with two attached hydrogens (primary N) is 1. The summed E-state index contributed by atoms with van der Waals surface area (Å²) in [5.74, 6) is -3.90. The summed E-state index contributed by atoms with van der Waals surface area (Å²) in [5.41, 5.74) is 3.80. The van der Waals surface area contributed by atoms with Gasteiger partial charge in [-0.15, -0.1) is 0 Å². The molecule has 0 radical (unpaired) electrons. The predicted molar refractivity (Wildman–Crippen MR) is 98.5 cm³/mol. The number of carbonyl (C=O) groups is 1. The number of amidine groups is 1. The smallest absolute Gasteiger partial charge is 0.310 e. The Hall–Kier alpha value is -2.45. The number of benzene rings is 1. The van der Waals surface area contributed by atoms with Gasteiger partial charge in [0.05, 0.1) is 5.02 Å². The molecule has 0 fully saturated rings. The van der Waals surface area contributed by atoms with Crippen molar-refractivity contribution in [2.75, 3.05) is 11.9 Å². The van der Waals surface area contributed by atoms with Crippen LogP contribution in [0, 0.1) is 0 Å². The Morgan fingerprint density at radius 3 is 2.70 bits per heavy atom. The number of aromatic nitrogens is 1. The highest BCUT2D eigenvalue weighted by Gasteiger charge is 2.56. The van der Waals surface area contributed by atoms with Crippen LogP contribution in [-0.4, -0.2) is 29.4 Å². The lowest BCUT2D eigenvalue weighted by Crippen LogP contribution is -2.51. The number of hydrogen-bond donors (Lipinski definition) is 2. The average molecular weight is 415 g/mol. The SMILES string of the molecule is C[C@]1(c2cc(NC(=O)c3ccc(Cl)cn3)ccc2Cl)N=C(N)OCC1(F)F. The van der Waals surface area contributed by atoms with Gasteiger partial charge in [0.15, 0.2) is 12.1 Å². The lowest BCUT2D eigenvalue weighted by molar-refractivity contribution is -0.116. The standard InChI is InChI=1S/C17H14Cl2F2N4O2/c1-16(17(20,21)8-27-15(22)25-16)11-6-10(3-4-12(11)19)24-14(26)13-5-2-9(18)7-23-13/h2-7H,8H2,1H3,(H2,22,25)(H,24,26)/t16-/m1/s1. The predicted octanol–water partition coefficient (Wildman–Crippen LogP) is 3.84. The summed E-state index contributed by atoms with van der Waals surface area (Å²) in [6, 6.07) is 6.79. The molecule has 142 valence electrons. The first kappa shape index (κ1) is 19.3. The molecule has 1 aromatic heterocycles. The monoisotopic (exact) mass is 414 g/mol. The fraction of sp³-hybridized carbons (Fsp3) is 0.235. The minimum atomic E-state index is -3.36. The Kier molecular flexibility index (Phi) is 4.96. The molecule has 3 rings (SSSR count). The van der Waals surface area contributed by atoms with Crippen molar-refractivity contribution >= 4 is 40.8 Å². The van der Waals surface area contributed by atoms with Gasteiger partial charge in [-0.1, -0.05) is 23.2 Å². The van der Waals surface area contributed by atoms with E-state index in [1.807, 2.05) is 0 Å². The van der Waals surface area contributed by atoms with E-state index in [1.165, 1.54) is 43.5 Å². The van der Waals surface area contributed by atoms with Gasteiger partial charge in [0.2, 0.25) is 0 Å². The Labute approximate surface area is 163 Å². The molecule has 1 amide bonds. The molecule has 0 bridgehead atoms. The summed E-state index contributed by atoms with van der Waals surface area (Å²) in [7, 11) is 0. The highest BCUT2D eigenvalue weighted by Crippen LogP contribution is 2.46. The quantitative estimate of drug-likeness (QED) is 0.798. The first-order chi connectivity index (χ1) is 12.6. The second-order valence-corrected chi connectivity index (χ2v) is 6.87. The zero-order valence-electron chi connectivity index (χ0n) is 14.0. The van der Waals surface area contributed by atoms with Gasteiger partial charge in [0, 0.05) is 22.5 Å². The zero-order valence-corrected chi connectivity index (χ0v) is 15.5. The highest BCUT2D eigenvalue weighted by molar-refractivity contribution is 6.31. The van der Waals surface area contributed by atoms with Crippen molar-refractivity contribution in [2.45, 2.75) is 18.4 Å². The number of aliphatic imine (C=N–C) groups is 1. The van der Waals surface area contributed by atoms with E-state index in [0.717, 1.165) is 0 Å². The molecule has 0 unspecified atom stereocenters. The van der Waals surface area contributed by atoms with Crippen molar-refractivity contribution in [3.8, 4) is 0 Å². The highest BCUT2D eigenvalue weighted by atomic mass is 35.5. The van der Waals surface area contributed by atoms with Crippen LogP contribution in [0.3, 0.4) is 0 Å². The molecule has 3 N–H and O–H groups in total. The van der Waals surface area contributed by atoms with Crippen molar-refractivity contribution in [2.24, 2.45) is 10.7 Å². The van der Waals surface area contributed by atoms with Crippen LogP contribution in [0.4, 0.5) is 14.5 Å². The second-order valence-electron chi connectivity index (χ2n) is 6.03. The fourth-order valence-corrected chi connectivity index (χ4v) is 2.99. The molecule has 0 aliphatic carbocycles. The summed E-state index contributed by atoms with van der Waals surface area (Å²) in [6.07, 6.45) is 1.32. The second kappa shape index (κ2) is 6.94. The summed E-state index contributed by atoms with van der Waals surface area (Å²) in [6.45, 7) is 0.274. The van der Waals surface area contributed by atoms with Crippen LogP contribution >= 0.6 is 23.2 Å². The van der Waals surface area contributed by atoms with Crippen molar-refractivity contribution in [1.82, 2.24) is 4.98 Å².